The van der Waals surface area contributed by atoms with Crippen molar-refractivity contribution in [1.29, 1.82) is 0 Å². The topological polar surface area (TPSA) is 83.7 Å². The minimum atomic E-state index is -3.68. The van der Waals surface area contributed by atoms with Crippen LogP contribution in [0.1, 0.15) is 13.3 Å². The Hall–Kier alpha value is -1.60. The summed E-state index contributed by atoms with van der Waals surface area (Å²) in [6, 6.07) is 5.97. The molecular formula is C13H21N3O3S. The van der Waals surface area contributed by atoms with E-state index in [1.54, 1.807) is 14.1 Å². The third-order valence-corrected chi connectivity index (χ3v) is 4.66. The molecule has 0 aliphatic carbocycles. The number of amides is 1. The maximum atomic E-state index is 12.5. The number of likely N-dealkylation sites (N-methyl/N-ethyl adjacent to an activating group) is 1. The van der Waals surface area contributed by atoms with Crippen molar-refractivity contribution in [2.45, 2.75) is 18.2 Å². The first-order chi connectivity index (χ1) is 9.28. The predicted molar refractivity (Wildman–Crippen MR) is 78.6 cm³/mol. The number of carbonyl (C=O) groups is 1. The molecule has 0 saturated carbocycles. The molecule has 1 aromatic rings. The van der Waals surface area contributed by atoms with Crippen molar-refractivity contribution in [2.75, 3.05) is 32.9 Å². The highest BCUT2D eigenvalue weighted by Crippen LogP contribution is 2.17. The lowest BCUT2D eigenvalue weighted by Crippen LogP contribution is -2.40. The molecule has 0 aliphatic rings. The van der Waals surface area contributed by atoms with E-state index in [0.717, 1.165) is 0 Å². The van der Waals surface area contributed by atoms with E-state index in [1.807, 2.05) is 6.92 Å². The molecule has 0 heterocycles. The molecule has 6 nitrogen and oxygen atoms in total. The second kappa shape index (κ2) is 6.71. The minimum absolute atomic E-state index is 0.145. The summed E-state index contributed by atoms with van der Waals surface area (Å²) < 4.78 is 26.2. The summed E-state index contributed by atoms with van der Waals surface area (Å²) in [6.45, 7) is 2.01. The molecule has 1 aromatic carbocycles. The van der Waals surface area contributed by atoms with E-state index < -0.39 is 10.0 Å². The Kier molecular flexibility index (Phi) is 5.52. The maximum absolute atomic E-state index is 12.5. The first kappa shape index (κ1) is 16.5. The average Bonchev–Trinajstić information content (AvgIpc) is 2.38. The molecule has 0 radical (unpaired) electrons. The summed E-state index contributed by atoms with van der Waals surface area (Å²) in [5.74, 6) is -0.252. The van der Waals surface area contributed by atoms with Crippen LogP contribution < -0.4 is 5.73 Å². The molecule has 20 heavy (non-hydrogen) atoms. The van der Waals surface area contributed by atoms with Crippen molar-refractivity contribution in [3.63, 3.8) is 0 Å². The lowest BCUT2D eigenvalue weighted by atomic mass is 10.3. The van der Waals surface area contributed by atoms with Gasteiger partial charge in [0.15, 0.2) is 0 Å². The number of carbonyl (C=O) groups excluding carboxylic acids is 1. The lowest BCUT2D eigenvalue weighted by Gasteiger charge is -2.22. The third kappa shape index (κ3) is 3.94. The largest absolute Gasteiger partial charge is 0.399 e. The van der Waals surface area contributed by atoms with Crippen molar-refractivity contribution in [3.8, 4) is 0 Å². The number of nitrogen functional groups attached to an aromatic ring is 1. The summed E-state index contributed by atoms with van der Waals surface area (Å²) in [7, 11) is -0.479. The van der Waals surface area contributed by atoms with E-state index in [2.05, 4.69) is 0 Å². The van der Waals surface area contributed by atoms with Crippen LogP contribution in [0.5, 0.6) is 0 Å². The minimum Gasteiger partial charge on any atom is -0.399 e. The van der Waals surface area contributed by atoms with Gasteiger partial charge in [-0.1, -0.05) is 6.92 Å². The number of nitrogens with two attached hydrogens (primary N) is 1. The van der Waals surface area contributed by atoms with E-state index in [1.165, 1.54) is 33.5 Å². The molecular weight excluding hydrogens is 278 g/mol. The Labute approximate surface area is 120 Å². The van der Waals surface area contributed by atoms with E-state index in [0.29, 0.717) is 18.7 Å². The molecule has 112 valence electrons. The molecule has 0 saturated heterocycles. The van der Waals surface area contributed by atoms with Crippen molar-refractivity contribution in [3.05, 3.63) is 24.3 Å². The van der Waals surface area contributed by atoms with E-state index in [4.69, 9.17) is 5.73 Å². The zero-order valence-electron chi connectivity index (χ0n) is 12.0. The second-order valence-corrected chi connectivity index (χ2v) is 6.63. The van der Waals surface area contributed by atoms with Crippen LogP contribution in [0.15, 0.2) is 29.2 Å². The van der Waals surface area contributed by atoms with Crippen LogP contribution in [0.25, 0.3) is 0 Å². The van der Waals surface area contributed by atoms with Gasteiger partial charge in [-0.3, -0.25) is 4.79 Å². The molecule has 1 amide bonds. The maximum Gasteiger partial charge on any atom is 0.243 e. The van der Waals surface area contributed by atoms with Gasteiger partial charge >= 0.3 is 0 Å². The molecule has 0 bridgehead atoms. The molecule has 7 heteroatoms. The van der Waals surface area contributed by atoms with E-state index in [9.17, 15) is 13.2 Å². The molecule has 2 N–H and O–H groups in total. The number of hydrogen-bond donors (Lipinski definition) is 1. The highest BCUT2D eigenvalue weighted by molar-refractivity contribution is 7.89. The van der Waals surface area contributed by atoms with Gasteiger partial charge in [0.1, 0.15) is 0 Å². The summed E-state index contributed by atoms with van der Waals surface area (Å²) in [4.78, 5) is 13.3. The lowest BCUT2D eigenvalue weighted by molar-refractivity contribution is -0.128. The average molecular weight is 299 g/mol. The smallest absolute Gasteiger partial charge is 0.243 e. The van der Waals surface area contributed by atoms with Crippen LogP contribution in [0, 0.1) is 0 Å². The van der Waals surface area contributed by atoms with Crippen LogP contribution in [-0.4, -0.2) is 50.7 Å². The predicted octanol–water partition coefficient (Wildman–Crippen LogP) is 0.758. The van der Waals surface area contributed by atoms with Gasteiger partial charge in [0, 0.05) is 26.3 Å². The fourth-order valence-electron chi connectivity index (χ4n) is 1.61. The Morgan fingerprint density at radius 1 is 1.20 bits per heavy atom. The van der Waals surface area contributed by atoms with Crippen molar-refractivity contribution >= 4 is 21.6 Å². The summed E-state index contributed by atoms with van der Waals surface area (Å²) >= 11 is 0. The molecule has 0 aliphatic heterocycles. The highest BCUT2D eigenvalue weighted by atomic mass is 32.2. The van der Waals surface area contributed by atoms with Crippen molar-refractivity contribution in [2.24, 2.45) is 0 Å². The molecule has 0 atom stereocenters. The third-order valence-electron chi connectivity index (χ3n) is 2.80. The number of benzene rings is 1. The van der Waals surface area contributed by atoms with Gasteiger partial charge in [-0.15, -0.1) is 0 Å². The van der Waals surface area contributed by atoms with Crippen molar-refractivity contribution in [1.82, 2.24) is 9.21 Å². The SMILES string of the molecule is CCCN(CC(=O)N(C)C)S(=O)(=O)c1ccc(N)cc1. The van der Waals surface area contributed by atoms with Gasteiger partial charge in [0.2, 0.25) is 15.9 Å². The Balaban J connectivity index is 3.05. The number of hydrogen-bond acceptors (Lipinski definition) is 4. The van der Waals surface area contributed by atoms with Gasteiger partial charge < -0.3 is 10.6 Å². The second-order valence-electron chi connectivity index (χ2n) is 4.70. The molecule has 1 rings (SSSR count). The Bertz CT molecular complexity index is 553. The molecule has 0 spiro atoms. The fraction of sp³-hybridized carbons (Fsp3) is 0.462. The zero-order valence-corrected chi connectivity index (χ0v) is 12.9. The first-order valence-electron chi connectivity index (χ1n) is 6.35. The number of sulfonamides is 1. The number of anilines is 1. The summed E-state index contributed by atoms with van der Waals surface area (Å²) in [5, 5.41) is 0. The normalized spacial score (nSPS) is 11.6. The van der Waals surface area contributed by atoms with Gasteiger partial charge in [-0.25, -0.2) is 8.42 Å². The first-order valence-corrected chi connectivity index (χ1v) is 7.79. The van der Waals surface area contributed by atoms with Crippen molar-refractivity contribution < 1.29 is 13.2 Å². The van der Waals surface area contributed by atoms with E-state index >= 15 is 0 Å². The molecule has 0 fully saturated rings. The standard InChI is InChI=1S/C13H21N3O3S/c1-4-9-16(10-13(17)15(2)3)20(18,19)12-7-5-11(14)6-8-12/h5-8H,4,9-10,14H2,1-3H3. The van der Waals surface area contributed by atoms with Gasteiger partial charge in [-0.2, -0.15) is 4.31 Å². The summed E-state index contributed by atoms with van der Waals surface area (Å²) in [5.41, 5.74) is 6.05. The van der Waals surface area contributed by atoms with Gasteiger partial charge in [0.25, 0.3) is 0 Å². The van der Waals surface area contributed by atoms with Crippen LogP contribution in [0.2, 0.25) is 0 Å². The van der Waals surface area contributed by atoms with Crippen LogP contribution in [-0.2, 0) is 14.8 Å². The Morgan fingerprint density at radius 3 is 2.20 bits per heavy atom. The van der Waals surface area contributed by atoms with E-state index in [-0.39, 0.29) is 17.3 Å². The monoisotopic (exact) mass is 299 g/mol. The van der Waals surface area contributed by atoms with Crippen LogP contribution >= 0.6 is 0 Å². The molecule has 0 aromatic heterocycles. The summed E-state index contributed by atoms with van der Waals surface area (Å²) in [6.07, 6.45) is 0.634. The highest BCUT2D eigenvalue weighted by Gasteiger charge is 2.26. The van der Waals surface area contributed by atoms with Gasteiger partial charge in [-0.05, 0) is 30.7 Å². The van der Waals surface area contributed by atoms with Crippen LogP contribution in [0.3, 0.4) is 0 Å². The van der Waals surface area contributed by atoms with Gasteiger partial charge in [0.05, 0.1) is 11.4 Å². The molecule has 0 unspecified atom stereocenters. The fourth-order valence-corrected chi connectivity index (χ4v) is 3.10. The Morgan fingerprint density at radius 2 is 1.75 bits per heavy atom. The zero-order chi connectivity index (χ0) is 15.3. The van der Waals surface area contributed by atoms with Crippen LogP contribution in [0.4, 0.5) is 5.69 Å². The quantitative estimate of drug-likeness (QED) is 0.786. The number of nitrogens with zero attached hydrogens (tertiary/aromatic N) is 2. The number of rotatable bonds is 6.